The standard InChI is InChI=1S/C23H23ClN2O4S/c1-2-11-31-23-25-13-20(26(23)14-16-7-4-6-10-19(16)24)18-9-5-3-8-17(18)15-30-22(29)12-21(27)28/h3-10,13H,2,11-12,14-15H2,1H3,(H,27,28). The zero-order chi connectivity index (χ0) is 22.2. The highest BCUT2D eigenvalue weighted by Crippen LogP contribution is 2.31. The fourth-order valence-corrected chi connectivity index (χ4v) is 4.09. The molecule has 0 aliphatic rings. The van der Waals surface area contributed by atoms with E-state index >= 15 is 0 Å². The Balaban J connectivity index is 1.95. The van der Waals surface area contributed by atoms with Gasteiger partial charge in [0, 0.05) is 16.3 Å². The van der Waals surface area contributed by atoms with E-state index in [2.05, 4.69) is 16.5 Å². The molecule has 0 fully saturated rings. The zero-order valence-electron chi connectivity index (χ0n) is 17.1. The van der Waals surface area contributed by atoms with Crippen LogP contribution in [-0.2, 0) is 27.5 Å². The SMILES string of the molecule is CCCSc1ncc(-c2ccccc2COC(=O)CC(=O)O)n1Cc1ccccc1Cl. The molecule has 0 unspecified atom stereocenters. The molecule has 3 rings (SSSR count). The smallest absolute Gasteiger partial charge is 0.317 e. The number of nitrogens with zero attached hydrogens (tertiary/aromatic N) is 2. The van der Waals surface area contributed by atoms with Crippen LogP contribution in [0.2, 0.25) is 5.02 Å². The number of benzene rings is 2. The fraction of sp³-hybridized carbons (Fsp3) is 0.261. The minimum atomic E-state index is -1.21. The molecule has 0 spiro atoms. The molecule has 3 aromatic rings. The van der Waals surface area contributed by atoms with Gasteiger partial charge in [0.1, 0.15) is 13.0 Å². The topological polar surface area (TPSA) is 81.4 Å². The summed E-state index contributed by atoms with van der Waals surface area (Å²) >= 11 is 8.08. The predicted octanol–water partition coefficient (Wildman–Crippen LogP) is 5.27. The van der Waals surface area contributed by atoms with Crippen LogP contribution in [0.25, 0.3) is 11.3 Å². The molecule has 0 amide bonds. The number of ether oxygens (including phenoxy) is 1. The van der Waals surface area contributed by atoms with Gasteiger partial charge in [0.25, 0.3) is 0 Å². The highest BCUT2D eigenvalue weighted by molar-refractivity contribution is 7.99. The van der Waals surface area contributed by atoms with Crippen molar-refractivity contribution >= 4 is 35.3 Å². The number of esters is 1. The second-order valence-corrected chi connectivity index (χ2v) is 8.31. The third-order valence-corrected chi connectivity index (χ3v) is 6.08. The van der Waals surface area contributed by atoms with E-state index in [0.717, 1.165) is 39.7 Å². The number of aromatic nitrogens is 2. The first kappa shape index (κ1) is 22.9. The van der Waals surface area contributed by atoms with Gasteiger partial charge in [0.15, 0.2) is 5.16 Å². The van der Waals surface area contributed by atoms with E-state index in [9.17, 15) is 9.59 Å². The molecule has 8 heteroatoms. The molecule has 0 saturated carbocycles. The molecule has 0 atom stereocenters. The quantitative estimate of drug-likeness (QED) is 0.253. The average molecular weight is 459 g/mol. The zero-order valence-corrected chi connectivity index (χ0v) is 18.7. The molecule has 31 heavy (non-hydrogen) atoms. The molecule has 0 bridgehead atoms. The summed E-state index contributed by atoms with van der Waals surface area (Å²) in [7, 11) is 0. The maximum Gasteiger partial charge on any atom is 0.317 e. The molecular formula is C23H23ClN2O4S. The molecule has 0 aliphatic heterocycles. The number of carbonyl (C=O) groups excluding carboxylic acids is 1. The van der Waals surface area contributed by atoms with Crippen LogP contribution in [0.15, 0.2) is 59.9 Å². The summed E-state index contributed by atoms with van der Waals surface area (Å²) in [5.41, 5.74) is 3.50. The summed E-state index contributed by atoms with van der Waals surface area (Å²) in [6.07, 6.45) is 2.17. The summed E-state index contributed by atoms with van der Waals surface area (Å²) in [5, 5.41) is 10.3. The van der Waals surface area contributed by atoms with Gasteiger partial charge in [-0.3, -0.25) is 9.59 Å². The molecule has 0 aliphatic carbocycles. The number of carbonyl (C=O) groups is 2. The van der Waals surface area contributed by atoms with E-state index in [1.807, 2.05) is 54.7 Å². The lowest BCUT2D eigenvalue weighted by Gasteiger charge is -2.15. The lowest BCUT2D eigenvalue weighted by atomic mass is 10.1. The lowest BCUT2D eigenvalue weighted by Crippen LogP contribution is -2.11. The van der Waals surface area contributed by atoms with Gasteiger partial charge in [-0.2, -0.15) is 0 Å². The van der Waals surface area contributed by atoms with Gasteiger partial charge >= 0.3 is 11.9 Å². The van der Waals surface area contributed by atoms with Gasteiger partial charge in [-0.05, 0) is 23.6 Å². The minimum absolute atomic E-state index is 0.0169. The van der Waals surface area contributed by atoms with Gasteiger partial charge in [-0.1, -0.05) is 72.8 Å². The van der Waals surface area contributed by atoms with Crippen molar-refractivity contribution in [2.45, 2.75) is 38.1 Å². The van der Waals surface area contributed by atoms with Crippen molar-refractivity contribution in [1.29, 1.82) is 0 Å². The number of carboxylic acids is 1. The van der Waals surface area contributed by atoms with Crippen LogP contribution in [0.1, 0.15) is 30.9 Å². The molecule has 1 heterocycles. The monoisotopic (exact) mass is 458 g/mol. The van der Waals surface area contributed by atoms with E-state index in [1.165, 1.54) is 0 Å². The van der Waals surface area contributed by atoms with Crippen molar-refractivity contribution in [3.8, 4) is 11.3 Å². The number of imidazole rings is 1. The molecule has 0 radical (unpaired) electrons. The second-order valence-electron chi connectivity index (χ2n) is 6.84. The first-order valence-electron chi connectivity index (χ1n) is 9.87. The summed E-state index contributed by atoms with van der Waals surface area (Å²) < 4.78 is 7.28. The van der Waals surface area contributed by atoms with Gasteiger partial charge in [-0.15, -0.1) is 0 Å². The summed E-state index contributed by atoms with van der Waals surface area (Å²) in [6, 6.07) is 15.3. The number of thioether (sulfide) groups is 1. The summed E-state index contributed by atoms with van der Waals surface area (Å²) in [5.74, 6) is -1.05. The van der Waals surface area contributed by atoms with Crippen LogP contribution >= 0.6 is 23.4 Å². The summed E-state index contributed by atoms with van der Waals surface area (Å²) in [6.45, 7) is 2.65. The molecular weight excluding hydrogens is 436 g/mol. The van der Waals surface area contributed by atoms with E-state index in [0.29, 0.717) is 11.6 Å². The van der Waals surface area contributed by atoms with Crippen LogP contribution < -0.4 is 0 Å². The Hall–Kier alpha value is -2.77. The largest absolute Gasteiger partial charge is 0.481 e. The Labute approximate surface area is 190 Å². The summed E-state index contributed by atoms with van der Waals surface area (Å²) in [4.78, 5) is 27.1. The van der Waals surface area contributed by atoms with Crippen LogP contribution in [0.3, 0.4) is 0 Å². The molecule has 1 N–H and O–H groups in total. The average Bonchev–Trinajstić information content (AvgIpc) is 3.14. The van der Waals surface area contributed by atoms with Gasteiger partial charge in [0.2, 0.25) is 0 Å². The Bertz CT molecular complexity index is 1070. The minimum Gasteiger partial charge on any atom is -0.481 e. The van der Waals surface area contributed by atoms with Crippen molar-refractivity contribution in [2.75, 3.05) is 5.75 Å². The molecule has 0 saturated heterocycles. The number of halogens is 1. The van der Waals surface area contributed by atoms with Gasteiger partial charge in [0.05, 0.1) is 18.4 Å². The van der Waals surface area contributed by atoms with Crippen LogP contribution in [0, 0.1) is 0 Å². The predicted molar refractivity (Wildman–Crippen MR) is 121 cm³/mol. The number of aliphatic carboxylic acids is 1. The van der Waals surface area contributed by atoms with Crippen LogP contribution in [0.5, 0.6) is 0 Å². The van der Waals surface area contributed by atoms with E-state index < -0.39 is 18.4 Å². The van der Waals surface area contributed by atoms with Crippen molar-refractivity contribution in [3.05, 3.63) is 70.9 Å². The van der Waals surface area contributed by atoms with Crippen molar-refractivity contribution in [1.82, 2.24) is 9.55 Å². The van der Waals surface area contributed by atoms with E-state index in [1.54, 1.807) is 11.8 Å². The Kier molecular flexibility index (Phi) is 8.14. The highest BCUT2D eigenvalue weighted by Gasteiger charge is 2.17. The third-order valence-electron chi connectivity index (χ3n) is 4.52. The number of rotatable bonds is 10. The Morgan fingerprint density at radius 3 is 2.55 bits per heavy atom. The number of carboxylic acid groups (broad SMARTS) is 1. The van der Waals surface area contributed by atoms with E-state index in [4.69, 9.17) is 21.4 Å². The molecule has 6 nitrogen and oxygen atoms in total. The normalized spacial score (nSPS) is 10.8. The number of hydrogen-bond acceptors (Lipinski definition) is 5. The number of hydrogen-bond donors (Lipinski definition) is 1. The first-order valence-corrected chi connectivity index (χ1v) is 11.2. The third kappa shape index (κ3) is 6.12. The lowest BCUT2D eigenvalue weighted by molar-refractivity contribution is -0.152. The Morgan fingerprint density at radius 2 is 1.84 bits per heavy atom. The molecule has 1 aromatic heterocycles. The van der Waals surface area contributed by atoms with Crippen LogP contribution in [0.4, 0.5) is 0 Å². The Morgan fingerprint density at radius 1 is 1.13 bits per heavy atom. The highest BCUT2D eigenvalue weighted by atomic mass is 35.5. The molecule has 2 aromatic carbocycles. The maximum atomic E-state index is 11.7. The fourth-order valence-electron chi connectivity index (χ4n) is 3.06. The first-order chi connectivity index (χ1) is 15.0. The van der Waals surface area contributed by atoms with Crippen LogP contribution in [-0.4, -0.2) is 32.3 Å². The van der Waals surface area contributed by atoms with Crippen molar-refractivity contribution in [3.63, 3.8) is 0 Å². The van der Waals surface area contributed by atoms with Gasteiger partial charge in [-0.25, -0.2) is 4.98 Å². The van der Waals surface area contributed by atoms with Crippen molar-refractivity contribution in [2.24, 2.45) is 0 Å². The second kappa shape index (κ2) is 11.0. The molecule has 162 valence electrons. The maximum absolute atomic E-state index is 11.7. The van der Waals surface area contributed by atoms with Crippen molar-refractivity contribution < 1.29 is 19.4 Å². The van der Waals surface area contributed by atoms with Gasteiger partial charge < -0.3 is 14.4 Å². The van der Waals surface area contributed by atoms with E-state index in [-0.39, 0.29) is 6.61 Å².